The van der Waals surface area contributed by atoms with Crippen molar-refractivity contribution in [2.75, 3.05) is 11.9 Å². The Bertz CT molecular complexity index is 421. The van der Waals surface area contributed by atoms with Gasteiger partial charge in [-0.05, 0) is 26.3 Å². The first-order valence-electron chi connectivity index (χ1n) is 5.14. The minimum Gasteiger partial charge on any atom is -0.478 e. The minimum atomic E-state index is -1.10. The van der Waals surface area contributed by atoms with Crippen molar-refractivity contribution in [3.8, 4) is 0 Å². The third kappa shape index (κ3) is 3.57. The zero-order valence-corrected chi connectivity index (χ0v) is 10.5. The number of carboxylic acid groups (broad SMARTS) is 1. The Labute approximate surface area is 104 Å². The van der Waals surface area contributed by atoms with Crippen LogP contribution in [0.4, 0.5) is 5.82 Å². The van der Waals surface area contributed by atoms with E-state index in [1.54, 1.807) is 0 Å². The summed E-state index contributed by atoms with van der Waals surface area (Å²) in [4.78, 5) is 14.9. The largest absolute Gasteiger partial charge is 0.478 e. The standard InChI is InChI=1S/C11H15ClN2O3/c1-11(2,4-6-15)14-9-8(12)7(10(16)17)3-5-13-9/h3,5,15H,4,6H2,1-2H3,(H,13,14)(H,16,17). The maximum absolute atomic E-state index is 10.9. The fourth-order valence-corrected chi connectivity index (χ4v) is 1.60. The molecule has 1 heterocycles. The molecule has 0 fully saturated rings. The molecule has 0 radical (unpaired) electrons. The molecule has 0 unspecified atom stereocenters. The third-order valence-electron chi connectivity index (χ3n) is 2.31. The second-order valence-electron chi connectivity index (χ2n) is 4.31. The Morgan fingerprint density at radius 1 is 1.59 bits per heavy atom. The fraction of sp³-hybridized carbons (Fsp3) is 0.455. The van der Waals surface area contributed by atoms with Crippen molar-refractivity contribution < 1.29 is 15.0 Å². The van der Waals surface area contributed by atoms with Crippen molar-refractivity contribution in [1.82, 2.24) is 4.98 Å². The van der Waals surface area contributed by atoms with Gasteiger partial charge in [0.05, 0.1) is 10.6 Å². The Kier molecular flexibility index (Phi) is 4.31. The molecule has 1 aromatic rings. The van der Waals surface area contributed by atoms with E-state index in [2.05, 4.69) is 10.3 Å². The molecule has 0 aliphatic carbocycles. The predicted molar refractivity (Wildman–Crippen MR) is 65.6 cm³/mol. The number of halogens is 1. The number of aliphatic hydroxyl groups is 1. The summed E-state index contributed by atoms with van der Waals surface area (Å²) in [6, 6.07) is 1.34. The van der Waals surface area contributed by atoms with Crippen LogP contribution in [-0.4, -0.2) is 33.3 Å². The van der Waals surface area contributed by atoms with Crippen LogP contribution in [0.5, 0.6) is 0 Å². The zero-order chi connectivity index (χ0) is 13.1. The number of aromatic carboxylic acids is 1. The van der Waals surface area contributed by atoms with Crippen molar-refractivity contribution in [3.63, 3.8) is 0 Å². The molecule has 0 aliphatic rings. The van der Waals surface area contributed by atoms with E-state index in [-0.39, 0.29) is 17.2 Å². The van der Waals surface area contributed by atoms with Crippen LogP contribution in [0.3, 0.4) is 0 Å². The summed E-state index contributed by atoms with van der Waals surface area (Å²) >= 11 is 5.94. The number of rotatable bonds is 5. The molecule has 1 rings (SSSR count). The van der Waals surface area contributed by atoms with Gasteiger partial charge in [-0.15, -0.1) is 0 Å². The number of anilines is 1. The number of aliphatic hydroxyl groups excluding tert-OH is 1. The molecule has 0 atom stereocenters. The first-order valence-corrected chi connectivity index (χ1v) is 5.52. The molecule has 5 nitrogen and oxygen atoms in total. The summed E-state index contributed by atoms with van der Waals surface area (Å²) < 4.78 is 0. The third-order valence-corrected chi connectivity index (χ3v) is 2.70. The lowest BCUT2D eigenvalue weighted by Gasteiger charge is -2.26. The highest BCUT2D eigenvalue weighted by Gasteiger charge is 2.21. The molecule has 0 aromatic carbocycles. The van der Waals surface area contributed by atoms with E-state index < -0.39 is 11.5 Å². The molecule has 6 heteroatoms. The normalized spacial score (nSPS) is 11.3. The van der Waals surface area contributed by atoms with Gasteiger partial charge in [-0.3, -0.25) is 0 Å². The summed E-state index contributed by atoms with van der Waals surface area (Å²) in [5.74, 6) is -0.787. The molecule has 94 valence electrons. The maximum Gasteiger partial charge on any atom is 0.337 e. The Morgan fingerprint density at radius 3 is 2.76 bits per heavy atom. The Morgan fingerprint density at radius 2 is 2.24 bits per heavy atom. The van der Waals surface area contributed by atoms with Crippen molar-refractivity contribution in [3.05, 3.63) is 22.8 Å². The van der Waals surface area contributed by atoms with Gasteiger partial charge in [0.15, 0.2) is 0 Å². The summed E-state index contributed by atoms with van der Waals surface area (Å²) in [6.45, 7) is 3.76. The Hall–Kier alpha value is -1.33. The summed E-state index contributed by atoms with van der Waals surface area (Å²) in [5, 5.41) is 20.9. The SMILES string of the molecule is CC(C)(CCO)Nc1nccc(C(=O)O)c1Cl. The maximum atomic E-state index is 10.9. The van der Waals surface area contributed by atoms with E-state index in [1.165, 1.54) is 12.3 Å². The highest BCUT2D eigenvalue weighted by molar-refractivity contribution is 6.35. The van der Waals surface area contributed by atoms with Gasteiger partial charge in [-0.1, -0.05) is 11.6 Å². The lowest BCUT2D eigenvalue weighted by molar-refractivity contribution is 0.0697. The molecule has 0 saturated heterocycles. The van der Waals surface area contributed by atoms with E-state index in [1.807, 2.05) is 13.8 Å². The number of carbonyl (C=O) groups is 1. The summed E-state index contributed by atoms with van der Waals surface area (Å²) in [5.41, 5.74) is -0.410. The van der Waals surface area contributed by atoms with Crippen LogP contribution >= 0.6 is 11.6 Å². The van der Waals surface area contributed by atoms with Crippen molar-refractivity contribution >= 4 is 23.4 Å². The van der Waals surface area contributed by atoms with Gasteiger partial charge in [-0.25, -0.2) is 9.78 Å². The fourth-order valence-electron chi connectivity index (χ4n) is 1.36. The first kappa shape index (κ1) is 13.7. The molecule has 1 aromatic heterocycles. The molecular formula is C11H15ClN2O3. The quantitative estimate of drug-likeness (QED) is 0.753. The summed E-state index contributed by atoms with van der Waals surface area (Å²) in [7, 11) is 0. The number of hydrogen-bond donors (Lipinski definition) is 3. The van der Waals surface area contributed by atoms with Gasteiger partial charge in [0.25, 0.3) is 0 Å². The number of pyridine rings is 1. The van der Waals surface area contributed by atoms with E-state index in [0.29, 0.717) is 12.2 Å². The number of carboxylic acids is 1. The second kappa shape index (κ2) is 5.33. The topological polar surface area (TPSA) is 82.5 Å². The van der Waals surface area contributed by atoms with E-state index in [9.17, 15) is 4.79 Å². The highest BCUT2D eigenvalue weighted by atomic mass is 35.5. The van der Waals surface area contributed by atoms with Crippen molar-refractivity contribution in [2.24, 2.45) is 0 Å². The van der Waals surface area contributed by atoms with Crippen LogP contribution in [0.1, 0.15) is 30.6 Å². The van der Waals surface area contributed by atoms with E-state index in [0.717, 1.165) is 0 Å². The van der Waals surface area contributed by atoms with Gasteiger partial charge in [0.1, 0.15) is 5.82 Å². The van der Waals surface area contributed by atoms with Crippen LogP contribution in [0, 0.1) is 0 Å². The molecule has 0 aliphatic heterocycles. The molecule has 0 bridgehead atoms. The van der Waals surface area contributed by atoms with Crippen molar-refractivity contribution in [1.29, 1.82) is 0 Å². The molecule has 0 amide bonds. The highest BCUT2D eigenvalue weighted by Crippen LogP contribution is 2.26. The molecule has 0 saturated carbocycles. The Balaban J connectivity index is 3.00. The number of nitrogens with one attached hydrogen (secondary N) is 1. The number of aromatic nitrogens is 1. The van der Waals surface area contributed by atoms with Gasteiger partial charge in [0.2, 0.25) is 0 Å². The van der Waals surface area contributed by atoms with Gasteiger partial charge >= 0.3 is 5.97 Å². The average molecular weight is 259 g/mol. The number of nitrogens with zero attached hydrogens (tertiary/aromatic N) is 1. The molecular weight excluding hydrogens is 244 g/mol. The number of hydrogen-bond acceptors (Lipinski definition) is 4. The van der Waals surface area contributed by atoms with E-state index >= 15 is 0 Å². The average Bonchev–Trinajstić information content (AvgIpc) is 2.20. The lowest BCUT2D eigenvalue weighted by atomic mass is 10.0. The molecule has 3 N–H and O–H groups in total. The smallest absolute Gasteiger partial charge is 0.337 e. The monoisotopic (exact) mass is 258 g/mol. The first-order chi connectivity index (χ1) is 7.87. The van der Waals surface area contributed by atoms with Crippen LogP contribution in [0.2, 0.25) is 5.02 Å². The van der Waals surface area contributed by atoms with Crippen LogP contribution in [0.25, 0.3) is 0 Å². The van der Waals surface area contributed by atoms with E-state index in [4.69, 9.17) is 21.8 Å². The minimum absolute atomic E-state index is 0.00367. The van der Waals surface area contributed by atoms with Crippen LogP contribution in [-0.2, 0) is 0 Å². The molecule has 17 heavy (non-hydrogen) atoms. The lowest BCUT2D eigenvalue weighted by Crippen LogP contribution is -2.32. The second-order valence-corrected chi connectivity index (χ2v) is 4.69. The van der Waals surface area contributed by atoms with Gasteiger partial charge < -0.3 is 15.5 Å². The van der Waals surface area contributed by atoms with Crippen molar-refractivity contribution in [2.45, 2.75) is 25.8 Å². The van der Waals surface area contributed by atoms with Gasteiger partial charge in [0, 0.05) is 18.3 Å². The zero-order valence-electron chi connectivity index (χ0n) is 9.70. The van der Waals surface area contributed by atoms with Gasteiger partial charge in [-0.2, -0.15) is 0 Å². The van der Waals surface area contributed by atoms with Crippen LogP contribution in [0.15, 0.2) is 12.3 Å². The molecule has 0 spiro atoms. The summed E-state index contributed by atoms with van der Waals surface area (Å²) in [6.07, 6.45) is 1.88. The predicted octanol–water partition coefficient (Wildman–Crippen LogP) is 2.01. The van der Waals surface area contributed by atoms with Crippen LogP contribution < -0.4 is 5.32 Å².